The predicted molar refractivity (Wildman–Crippen MR) is 105 cm³/mol. The van der Waals surface area contributed by atoms with Crippen molar-refractivity contribution >= 4 is 17.6 Å². The van der Waals surface area contributed by atoms with Crippen molar-refractivity contribution in [2.24, 2.45) is 5.92 Å². The molecule has 2 aliphatic rings. The van der Waals surface area contributed by atoms with Gasteiger partial charge < -0.3 is 24.8 Å². The number of ether oxygens (including phenoxy) is 1. The number of nitrogens with zero attached hydrogens (tertiary/aromatic N) is 3. The average Bonchev–Trinajstić information content (AvgIpc) is 3.03. The lowest BCUT2D eigenvalue weighted by molar-refractivity contribution is -0.135. The van der Waals surface area contributed by atoms with Crippen LogP contribution >= 0.6 is 0 Å². The molecule has 1 aromatic carbocycles. The van der Waals surface area contributed by atoms with Crippen molar-refractivity contribution < 1.29 is 14.3 Å². The Morgan fingerprint density at radius 3 is 2.59 bits per heavy atom. The van der Waals surface area contributed by atoms with Gasteiger partial charge in [-0.05, 0) is 30.9 Å². The third-order valence-electron chi connectivity index (χ3n) is 5.35. The van der Waals surface area contributed by atoms with Crippen LogP contribution in [0.3, 0.4) is 0 Å². The van der Waals surface area contributed by atoms with Gasteiger partial charge in [-0.2, -0.15) is 0 Å². The van der Waals surface area contributed by atoms with E-state index in [9.17, 15) is 9.59 Å². The Balaban J connectivity index is 1.41. The fourth-order valence-electron chi connectivity index (χ4n) is 3.80. The Morgan fingerprint density at radius 2 is 1.81 bits per heavy atom. The maximum atomic E-state index is 12.5. The number of rotatable bonds is 5. The fourth-order valence-corrected chi connectivity index (χ4v) is 3.80. The molecule has 1 atom stereocenters. The molecule has 0 aromatic heterocycles. The molecule has 0 bridgehead atoms. The summed E-state index contributed by atoms with van der Waals surface area (Å²) in [5.74, 6) is 0.465. The number of benzene rings is 1. The number of methoxy groups -OCH3 is 1. The van der Waals surface area contributed by atoms with E-state index in [4.69, 9.17) is 4.74 Å². The molecule has 2 saturated heterocycles. The lowest BCUT2D eigenvalue weighted by Gasteiger charge is -2.23. The fraction of sp³-hybridized carbons (Fsp3) is 0.600. The molecule has 0 spiro atoms. The predicted octanol–water partition coefficient (Wildman–Crippen LogP) is 1.40. The van der Waals surface area contributed by atoms with Gasteiger partial charge in [0.15, 0.2) is 0 Å². The Kier molecular flexibility index (Phi) is 6.92. The van der Waals surface area contributed by atoms with Crippen LogP contribution in [0.15, 0.2) is 30.3 Å². The van der Waals surface area contributed by atoms with Crippen LogP contribution in [-0.2, 0) is 9.53 Å². The van der Waals surface area contributed by atoms with Crippen molar-refractivity contribution in [3.05, 3.63) is 30.3 Å². The number of nitrogens with one attached hydrogen (secondary N) is 1. The highest BCUT2D eigenvalue weighted by Gasteiger charge is 2.25. The minimum atomic E-state index is -0.0193. The Hall–Kier alpha value is -2.28. The van der Waals surface area contributed by atoms with Gasteiger partial charge in [0.1, 0.15) is 6.61 Å². The van der Waals surface area contributed by atoms with Crippen LogP contribution in [0.2, 0.25) is 0 Å². The zero-order valence-electron chi connectivity index (χ0n) is 16.1. The molecule has 2 heterocycles. The van der Waals surface area contributed by atoms with Gasteiger partial charge in [-0.3, -0.25) is 4.79 Å². The SMILES string of the molecule is COCC(=O)N1CCCN(C(=O)NC[C@@H]2CCN(c3ccccc3)C2)CC1. The van der Waals surface area contributed by atoms with E-state index in [0.717, 1.165) is 25.9 Å². The van der Waals surface area contributed by atoms with E-state index in [1.165, 1.54) is 12.8 Å². The van der Waals surface area contributed by atoms with Crippen LogP contribution in [0.5, 0.6) is 0 Å². The second-order valence-corrected chi connectivity index (χ2v) is 7.28. The van der Waals surface area contributed by atoms with Crippen molar-refractivity contribution in [2.45, 2.75) is 12.8 Å². The quantitative estimate of drug-likeness (QED) is 0.846. The first-order chi connectivity index (χ1) is 13.2. The number of carbonyl (C=O) groups is 2. The highest BCUT2D eigenvalue weighted by atomic mass is 16.5. The summed E-state index contributed by atoms with van der Waals surface area (Å²) < 4.78 is 4.92. The van der Waals surface area contributed by atoms with Crippen molar-refractivity contribution in [2.75, 3.05) is 64.4 Å². The smallest absolute Gasteiger partial charge is 0.317 e. The number of amides is 3. The number of urea groups is 1. The summed E-state index contributed by atoms with van der Waals surface area (Å²) in [6.45, 7) is 5.32. The second-order valence-electron chi connectivity index (χ2n) is 7.28. The molecule has 0 aliphatic carbocycles. The number of anilines is 1. The molecule has 1 N–H and O–H groups in total. The first-order valence-corrected chi connectivity index (χ1v) is 9.77. The number of hydrogen-bond acceptors (Lipinski definition) is 4. The summed E-state index contributed by atoms with van der Waals surface area (Å²) in [7, 11) is 1.53. The van der Waals surface area contributed by atoms with Crippen LogP contribution in [0.1, 0.15) is 12.8 Å². The molecule has 1 aromatic rings. The van der Waals surface area contributed by atoms with Crippen LogP contribution in [0.4, 0.5) is 10.5 Å². The van der Waals surface area contributed by atoms with E-state index in [1.54, 1.807) is 4.90 Å². The van der Waals surface area contributed by atoms with Gasteiger partial charge in [-0.15, -0.1) is 0 Å². The average molecular weight is 374 g/mol. The molecule has 0 unspecified atom stereocenters. The summed E-state index contributed by atoms with van der Waals surface area (Å²) in [5.41, 5.74) is 1.25. The topological polar surface area (TPSA) is 65.1 Å². The van der Waals surface area contributed by atoms with E-state index < -0.39 is 0 Å². The van der Waals surface area contributed by atoms with E-state index in [0.29, 0.717) is 38.6 Å². The first kappa shape index (κ1) is 19.5. The van der Waals surface area contributed by atoms with Crippen molar-refractivity contribution in [3.63, 3.8) is 0 Å². The van der Waals surface area contributed by atoms with Crippen molar-refractivity contribution in [1.82, 2.24) is 15.1 Å². The summed E-state index contributed by atoms with van der Waals surface area (Å²) in [4.78, 5) is 30.5. The van der Waals surface area contributed by atoms with Gasteiger partial charge in [-0.25, -0.2) is 4.79 Å². The van der Waals surface area contributed by atoms with Crippen LogP contribution in [0.25, 0.3) is 0 Å². The molecule has 2 aliphatic heterocycles. The molecule has 148 valence electrons. The summed E-state index contributed by atoms with van der Waals surface area (Å²) in [6, 6.07) is 10.4. The Labute approximate surface area is 161 Å². The summed E-state index contributed by atoms with van der Waals surface area (Å²) in [5, 5.41) is 3.10. The molecule has 3 rings (SSSR count). The van der Waals surface area contributed by atoms with Crippen molar-refractivity contribution in [3.8, 4) is 0 Å². The van der Waals surface area contributed by atoms with Crippen molar-refractivity contribution in [1.29, 1.82) is 0 Å². The van der Waals surface area contributed by atoms with Gasteiger partial charge in [-0.1, -0.05) is 18.2 Å². The summed E-state index contributed by atoms with van der Waals surface area (Å²) in [6.07, 6.45) is 1.89. The van der Waals surface area contributed by atoms with Crippen LogP contribution in [0, 0.1) is 5.92 Å². The second kappa shape index (κ2) is 9.60. The Morgan fingerprint density at radius 1 is 1.07 bits per heavy atom. The zero-order valence-corrected chi connectivity index (χ0v) is 16.1. The molecule has 0 saturated carbocycles. The maximum Gasteiger partial charge on any atom is 0.317 e. The molecule has 7 heteroatoms. The molecule has 0 radical (unpaired) electrons. The van der Waals surface area contributed by atoms with Gasteiger partial charge in [0.05, 0.1) is 0 Å². The number of hydrogen-bond donors (Lipinski definition) is 1. The number of carbonyl (C=O) groups excluding carboxylic acids is 2. The highest BCUT2D eigenvalue weighted by molar-refractivity contribution is 5.78. The molecule has 2 fully saturated rings. The molecular weight excluding hydrogens is 344 g/mol. The lowest BCUT2D eigenvalue weighted by Crippen LogP contribution is -2.44. The van der Waals surface area contributed by atoms with E-state index >= 15 is 0 Å². The third-order valence-corrected chi connectivity index (χ3v) is 5.35. The first-order valence-electron chi connectivity index (χ1n) is 9.77. The maximum absolute atomic E-state index is 12.5. The third kappa shape index (κ3) is 5.35. The normalized spacial score (nSPS) is 20.5. The van der Waals surface area contributed by atoms with E-state index in [2.05, 4.69) is 34.5 Å². The minimum Gasteiger partial charge on any atom is -0.375 e. The lowest BCUT2D eigenvalue weighted by atomic mass is 10.1. The van der Waals surface area contributed by atoms with Gasteiger partial charge in [0.2, 0.25) is 5.91 Å². The van der Waals surface area contributed by atoms with E-state index in [1.807, 2.05) is 11.0 Å². The minimum absolute atomic E-state index is 0.00767. The molecule has 27 heavy (non-hydrogen) atoms. The standard InChI is InChI=1S/C20H30N4O3/c1-27-16-19(25)22-9-5-10-23(13-12-22)20(26)21-14-17-8-11-24(15-17)18-6-3-2-4-7-18/h2-4,6-7,17H,5,8-16H2,1H3,(H,21,26)/t17-/m0/s1. The molecular formula is C20H30N4O3. The molecule has 7 nitrogen and oxygen atoms in total. The van der Waals surface area contributed by atoms with Crippen LogP contribution < -0.4 is 10.2 Å². The molecule has 3 amide bonds. The largest absolute Gasteiger partial charge is 0.375 e. The van der Waals surface area contributed by atoms with Gasteiger partial charge >= 0.3 is 6.03 Å². The monoisotopic (exact) mass is 374 g/mol. The Bertz CT molecular complexity index is 625. The number of para-hydroxylation sites is 1. The van der Waals surface area contributed by atoms with E-state index in [-0.39, 0.29) is 18.5 Å². The highest BCUT2D eigenvalue weighted by Crippen LogP contribution is 2.23. The van der Waals surface area contributed by atoms with Gasteiger partial charge in [0, 0.05) is 58.6 Å². The van der Waals surface area contributed by atoms with Crippen LogP contribution in [-0.4, -0.2) is 81.3 Å². The summed E-state index contributed by atoms with van der Waals surface area (Å²) >= 11 is 0. The van der Waals surface area contributed by atoms with Gasteiger partial charge in [0.25, 0.3) is 0 Å². The zero-order chi connectivity index (χ0) is 19.1.